The van der Waals surface area contributed by atoms with Gasteiger partial charge in [0.25, 0.3) is 5.96 Å². The Kier molecular flexibility index (Phi) is 6.11. The maximum absolute atomic E-state index is 12.4. The fraction of sp³-hybridized carbons (Fsp3) is 0.625. The van der Waals surface area contributed by atoms with E-state index in [1.54, 1.807) is 60.7 Å². The molecule has 0 saturated heterocycles. The van der Waals surface area contributed by atoms with E-state index in [-0.39, 0.29) is 12.5 Å². The van der Waals surface area contributed by atoms with E-state index < -0.39 is 23.1 Å². The summed E-state index contributed by atoms with van der Waals surface area (Å²) in [5, 5.41) is 7.90. The zero-order chi connectivity index (χ0) is 18.5. The third-order valence-electron chi connectivity index (χ3n) is 2.70. The summed E-state index contributed by atoms with van der Waals surface area (Å²) in [6.45, 7) is 12.5. The van der Waals surface area contributed by atoms with Crippen LogP contribution in [0.5, 0.6) is 0 Å². The molecule has 0 fully saturated rings. The Morgan fingerprint density at radius 1 is 1.21 bits per heavy atom. The van der Waals surface area contributed by atoms with Crippen LogP contribution < -0.4 is 0 Å². The second-order valence-corrected chi connectivity index (χ2v) is 7.20. The average Bonchev–Trinajstić information content (AvgIpc) is 2.93. The lowest BCUT2D eigenvalue weighted by atomic mass is 9.98. The molecule has 0 aliphatic carbocycles. The van der Waals surface area contributed by atoms with Crippen LogP contribution in [0.4, 0.5) is 4.79 Å². The second-order valence-electron chi connectivity index (χ2n) is 7.20. The van der Waals surface area contributed by atoms with E-state index in [9.17, 15) is 9.59 Å². The van der Waals surface area contributed by atoms with Gasteiger partial charge in [-0.05, 0) is 59.7 Å². The van der Waals surface area contributed by atoms with E-state index in [2.05, 4.69) is 10.3 Å². The molecule has 0 N–H and O–H groups in total. The number of nitrogens with zero attached hydrogens (tertiary/aromatic N) is 4. The summed E-state index contributed by atoms with van der Waals surface area (Å²) in [5.74, 6) is -0.471. The first-order valence-corrected chi connectivity index (χ1v) is 7.75. The highest BCUT2D eigenvalue weighted by Crippen LogP contribution is 2.16. The Hall–Kier alpha value is -2.38. The van der Waals surface area contributed by atoms with Crippen molar-refractivity contribution in [3.63, 3.8) is 0 Å². The minimum atomic E-state index is -0.721. The quantitative estimate of drug-likeness (QED) is 0.358. The third kappa shape index (κ3) is 5.68. The molecule has 0 aliphatic rings. The molecular weight excluding hydrogens is 312 g/mol. The standard InChI is InChI=1S/C16H26N4O4/c1-8-19(14(22)23-16(5,6)7)13(20-11-9-10-17-20)18-24-12(21)15(2,3)4/h9-11H,8H2,1-7H3/b18-13-. The van der Waals surface area contributed by atoms with E-state index in [1.165, 1.54) is 15.8 Å². The van der Waals surface area contributed by atoms with Crippen LogP contribution in [0.3, 0.4) is 0 Å². The molecule has 8 nitrogen and oxygen atoms in total. The monoisotopic (exact) mass is 338 g/mol. The predicted molar refractivity (Wildman–Crippen MR) is 89.2 cm³/mol. The molecule has 0 aliphatic heterocycles. The maximum atomic E-state index is 12.4. The lowest BCUT2D eigenvalue weighted by Gasteiger charge is -2.26. The highest BCUT2D eigenvalue weighted by atomic mass is 16.7. The van der Waals surface area contributed by atoms with Crippen molar-refractivity contribution < 1.29 is 19.2 Å². The summed E-state index contributed by atoms with van der Waals surface area (Å²) >= 11 is 0. The highest BCUT2D eigenvalue weighted by molar-refractivity contribution is 5.95. The van der Waals surface area contributed by atoms with Gasteiger partial charge in [-0.25, -0.2) is 19.2 Å². The molecule has 1 aromatic heterocycles. The molecule has 0 spiro atoms. The van der Waals surface area contributed by atoms with E-state index in [4.69, 9.17) is 9.57 Å². The van der Waals surface area contributed by atoms with Gasteiger partial charge in [0.2, 0.25) is 0 Å². The van der Waals surface area contributed by atoms with Crippen molar-refractivity contribution in [1.82, 2.24) is 14.7 Å². The SMILES string of the molecule is CCN(C(=O)OC(C)(C)C)/C(=N/OC(=O)C(C)(C)C)n1cccn1. The Morgan fingerprint density at radius 3 is 2.25 bits per heavy atom. The van der Waals surface area contributed by atoms with E-state index in [1.807, 2.05) is 0 Å². The number of carbonyl (C=O) groups excluding carboxylic acids is 2. The molecule has 0 radical (unpaired) electrons. The van der Waals surface area contributed by atoms with Crippen molar-refractivity contribution in [3.05, 3.63) is 18.5 Å². The number of ether oxygens (including phenoxy) is 1. The number of rotatable bonds is 2. The first-order valence-electron chi connectivity index (χ1n) is 7.75. The number of carbonyl (C=O) groups is 2. The van der Waals surface area contributed by atoms with E-state index >= 15 is 0 Å². The summed E-state index contributed by atoms with van der Waals surface area (Å²) in [6.07, 6.45) is 2.52. The van der Waals surface area contributed by atoms with Crippen molar-refractivity contribution in [2.75, 3.05) is 6.54 Å². The summed E-state index contributed by atoms with van der Waals surface area (Å²) in [4.78, 5) is 30.6. The third-order valence-corrected chi connectivity index (χ3v) is 2.70. The molecule has 0 saturated carbocycles. The van der Waals surface area contributed by atoms with Crippen LogP contribution in [-0.2, 0) is 14.4 Å². The number of oxime groups is 1. The molecule has 0 atom stereocenters. The molecule has 24 heavy (non-hydrogen) atoms. The van der Waals surface area contributed by atoms with Crippen LogP contribution in [-0.4, -0.2) is 44.8 Å². The fourth-order valence-electron chi connectivity index (χ4n) is 1.49. The van der Waals surface area contributed by atoms with Crippen LogP contribution in [0.2, 0.25) is 0 Å². The van der Waals surface area contributed by atoms with Gasteiger partial charge in [0.1, 0.15) is 5.60 Å². The van der Waals surface area contributed by atoms with Gasteiger partial charge >= 0.3 is 12.1 Å². The van der Waals surface area contributed by atoms with Gasteiger partial charge in [-0.1, -0.05) is 0 Å². The van der Waals surface area contributed by atoms with Crippen molar-refractivity contribution in [1.29, 1.82) is 0 Å². The fourth-order valence-corrected chi connectivity index (χ4v) is 1.49. The van der Waals surface area contributed by atoms with Crippen LogP contribution in [0.15, 0.2) is 23.6 Å². The van der Waals surface area contributed by atoms with Gasteiger partial charge < -0.3 is 9.57 Å². The molecule has 134 valence electrons. The number of hydrogen-bond acceptors (Lipinski definition) is 6. The van der Waals surface area contributed by atoms with Gasteiger partial charge in [-0.15, -0.1) is 0 Å². The number of hydrogen-bond donors (Lipinski definition) is 0. The van der Waals surface area contributed by atoms with Gasteiger partial charge in [0.15, 0.2) is 0 Å². The van der Waals surface area contributed by atoms with Gasteiger partial charge in [0, 0.05) is 18.9 Å². The lowest BCUT2D eigenvalue weighted by molar-refractivity contribution is -0.153. The molecule has 1 amide bonds. The number of amides is 1. The molecule has 0 bridgehead atoms. The van der Waals surface area contributed by atoms with Crippen LogP contribution in [0.25, 0.3) is 0 Å². The van der Waals surface area contributed by atoms with Crippen LogP contribution in [0, 0.1) is 5.41 Å². The Labute approximate surface area is 142 Å². The number of aromatic nitrogens is 2. The van der Waals surface area contributed by atoms with E-state index in [0.717, 1.165) is 0 Å². The molecule has 0 aromatic carbocycles. The molecule has 8 heteroatoms. The van der Waals surface area contributed by atoms with Gasteiger partial charge in [-0.2, -0.15) is 5.10 Å². The normalized spacial score (nSPS) is 12.7. The van der Waals surface area contributed by atoms with Gasteiger partial charge in [-0.3, -0.25) is 0 Å². The summed E-state index contributed by atoms with van der Waals surface area (Å²) in [6, 6.07) is 1.67. The zero-order valence-corrected chi connectivity index (χ0v) is 15.4. The first kappa shape index (κ1) is 19.7. The summed E-state index contributed by atoms with van der Waals surface area (Å²) in [7, 11) is 0. The largest absolute Gasteiger partial charge is 0.443 e. The maximum Gasteiger partial charge on any atom is 0.417 e. The topological polar surface area (TPSA) is 86.0 Å². The molecule has 1 rings (SSSR count). The van der Waals surface area contributed by atoms with Gasteiger partial charge in [0.05, 0.1) is 5.41 Å². The van der Waals surface area contributed by atoms with Crippen LogP contribution in [0.1, 0.15) is 48.5 Å². The molecular formula is C16H26N4O4. The minimum absolute atomic E-state index is 0.0503. The van der Waals surface area contributed by atoms with Crippen molar-refractivity contribution >= 4 is 18.0 Å². The van der Waals surface area contributed by atoms with Crippen molar-refractivity contribution in [2.24, 2.45) is 10.6 Å². The van der Waals surface area contributed by atoms with E-state index in [0.29, 0.717) is 0 Å². The zero-order valence-electron chi connectivity index (χ0n) is 15.4. The summed E-state index contributed by atoms with van der Waals surface area (Å²) < 4.78 is 6.71. The minimum Gasteiger partial charge on any atom is -0.443 e. The lowest BCUT2D eigenvalue weighted by Crippen LogP contribution is -2.44. The molecule has 1 heterocycles. The molecule has 0 unspecified atom stereocenters. The Balaban J connectivity index is 3.13. The Bertz CT molecular complexity index is 595. The molecule has 1 aromatic rings. The van der Waals surface area contributed by atoms with Crippen molar-refractivity contribution in [3.8, 4) is 0 Å². The predicted octanol–water partition coefficient (Wildman–Crippen LogP) is 2.85. The first-order chi connectivity index (χ1) is 11.0. The highest BCUT2D eigenvalue weighted by Gasteiger charge is 2.28. The second kappa shape index (κ2) is 7.46. The Morgan fingerprint density at radius 2 is 1.83 bits per heavy atom. The smallest absolute Gasteiger partial charge is 0.417 e. The van der Waals surface area contributed by atoms with Crippen molar-refractivity contribution in [2.45, 2.75) is 54.1 Å². The average molecular weight is 338 g/mol. The summed E-state index contributed by atoms with van der Waals surface area (Å²) in [5.41, 5.74) is -1.39. The van der Waals surface area contributed by atoms with Crippen LogP contribution >= 0.6 is 0 Å².